The fourth-order valence-corrected chi connectivity index (χ4v) is 12.0. The Balaban J connectivity index is 0.954. The summed E-state index contributed by atoms with van der Waals surface area (Å²) in [6, 6.07) is 109. The zero-order valence-corrected chi connectivity index (χ0v) is 40.6. The van der Waals surface area contributed by atoms with Gasteiger partial charge in [-0.25, -0.2) is 0 Å². The van der Waals surface area contributed by atoms with Gasteiger partial charge in [0.2, 0.25) is 0 Å². The summed E-state index contributed by atoms with van der Waals surface area (Å²) in [5, 5.41) is 4.87. The van der Waals surface area contributed by atoms with Crippen LogP contribution < -0.4 is 9.80 Å². The summed E-state index contributed by atoms with van der Waals surface area (Å²) in [5.74, 6) is 0. The summed E-state index contributed by atoms with van der Waals surface area (Å²) in [4.78, 5) is 4.71. The van der Waals surface area contributed by atoms with Gasteiger partial charge in [-0.05, 0) is 158 Å². The van der Waals surface area contributed by atoms with Gasteiger partial charge < -0.3 is 14.4 Å². The molecule has 14 rings (SSSR count). The Hall–Kier alpha value is -9.70. The second-order valence-corrected chi connectivity index (χ2v) is 19.2. The predicted molar refractivity (Wildman–Crippen MR) is 310 cm³/mol. The van der Waals surface area contributed by atoms with Crippen LogP contribution in [0.2, 0.25) is 0 Å². The van der Waals surface area contributed by atoms with Gasteiger partial charge in [0.25, 0.3) is 0 Å². The molecular weight excluding hydrogens is 895 g/mol. The van der Waals surface area contributed by atoms with Crippen LogP contribution in [0.25, 0.3) is 60.5 Å². The molecule has 13 aromatic rings. The maximum absolute atomic E-state index is 2.49. The lowest BCUT2D eigenvalue weighted by molar-refractivity contribution is 0.770. The third kappa shape index (κ3) is 6.97. The predicted octanol–water partition coefficient (Wildman–Crippen LogP) is 18.9. The molecule has 1 aliphatic carbocycles. The molecule has 74 heavy (non-hydrogen) atoms. The van der Waals surface area contributed by atoms with E-state index < -0.39 is 5.41 Å². The van der Waals surface area contributed by atoms with E-state index in [2.05, 4.69) is 312 Å². The molecule has 0 bridgehead atoms. The van der Waals surface area contributed by atoms with Crippen molar-refractivity contribution in [3.8, 4) is 27.9 Å². The van der Waals surface area contributed by atoms with Gasteiger partial charge in [-0.3, -0.25) is 0 Å². The summed E-state index contributed by atoms with van der Waals surface area (Å²) in [7, 11) is 0. The van der Waals surface area contributed by atoms with Crippen LogP contribution in [0, 0.1) is 0 Å². The van der Waals surface area contributed by atoms with Gasteiger partial charge in [0, 0.05) is 50.6 Å². The zero-order valence-electron chi connectivity index (χ0n) is 40.6. The Labute approximate surface area is 431 Å². The van der Waals surface area contributed by atoms with E-state index in [0.29, 0.717) is 0 Å². The molecule has 0 spiro atoms. The van der Waals surface area contributed by atoms with Crippen molar-refractivity contribution >= 4 is 66.7 Å². The third-order valence-electron chi connectivity index (χ3n) is 15.2. The molecule has 3 heteroatoms. The molecule has 0 amide bonds. The zero-order chi connectivity index (χ0) is 49.0. The van der Waals surface area contributed by atoms with Crippen molar-refractivity contribution in [3.63, 3.8) is 0 Å². The van der Waals surface area contributed by atoms with Crippen molar-refractivity contribution in [1.29, 1.82) is 0 Å². The highest BCUT2D eigenvalue weighted by Gasteiger charge is 2.46. The standard InChI is InChI=1S/C71H49N3/c1-5-22-52(23-6-1)71(67-34-17-15-31-63(67)64-32-16-18-35-68(64)71)53-38-46-69-65(48-53)66-49-60(73(55-26-9-3-10-27-55)56-28-11-4-12-29-56)45-47-70(66)74(69)59-43-41-58(42-44-59)72(54-24-7-2-8-25-54)57-39-36-51(37-40-57)62-33-19-21-50-20-13-14-30-61(50)62/h1-49H. The molecule has 1 heterocycles. The van der Waals surface area contributed by atoms with Crippen LogP contribution in [0.4, 0.5) is 34.1 Å². The van der Waals surface area contributed by atoms with E-state index in [1.54, 1.807) is 0 Å². The van der Waals surface area contributed by atoms with E-state index in [1.807, 2.05) is 0 Å². The van der Waals surface area contributed by atoms with E-state index in [0.717, 1.165) is 50.8 Å². The first kappa shape index (κ1) is 43.1. The molecule has 0 saturated heterocycles. The molecule has 0 atom stereocenters. The summed E-state index contributed by atoms with van der Waals surface area (Å²) in [6.07, 6.45) is 0. The largest absolute Gasteiger partial charge is 0.311 e. The van der Waals surface area contributed by atoms with Gasteiger partial charge in [0.1, 0.15) is 0 Å². The van der Waals surface area contributed by atoms with E-state index in [9.17, 15) is 0 Å². The minimum atomic E-state index is -0.537. The fourth-order valence-electron chi connectivity index (χ4n) is 12.0. The van der Waals surface area contributed by atoms with Crippen molar-refractivity contribution in [2.45, 2.75) is 5.41 Å². The number of hydrogen-bond acceptors (Lipinski definition) is 2. The average Bonchev–Trinajstić information content (AvgIpc) is 3.98. The van der Waals surface area contributed by atoms with Crippen LogP contribution in [0.1, 0.15) is 22.3 Å². The summed E-state index contributed by atoms with van der Waals surface area (Å²) < 4.78 is 2.45. The topological polar surface area (TPSA) is 11.4 Å². The second-order valence-electron chi connectivity index (χ2n) is 19.2. The van der Waals surface area contributed by atoms with E-state index in [1.165, 1.54) is 66.1 Å². The number of anilines is 6. The first-order valence-electron chi connectivity index (χ1n) is 25.5. The molecular formula is C71H49N3. The lowest BCUT2D eigenvalue weighted by Gasteiger charge is -2.34. The molecule has 12 aromatic carbocycles. The van der Waals surface area contributed by atoms with Gasteiger partial charge >= 0.3 is 0 Å². The van der Waals surface area contributed by atoms with Crippen molar-refractivity contribution in [2.75, 3.05) is 9.80 Å². The van der Waals surface area contributed by atoms with Crippen LogP contribution in [0.3, 0.4) is 0 Å². The maximum Gasteiger partial charge on any atom is 0.0713 e. The molecule has 3 nitrogen and oxygen atoms in total. The molecule has 0 saturated carbocycles. The summed E-state index contributed by atoms with van der Waals surface area (Å²) in [5.41, 5.74) is 19.5. The quantitative estimate of drug-likeness (QED) is 0.135. The molecule has 1 aromatic heterocycles. The molecule has 0 aliphatic heterocycles. The van der Waals surface area contributed by atoms with E-state index >= 15 is 0 Å². The van der Waals surface area contributed by atoms with Crippen LogP contribution in [-0.2, 0) is 5.41 Å². The van der Waals surface area contributed by atoms with Gasteiger partial charge in [-0.1, -0.05) is 194 Å². The molecule has 0 radical (unpaired) electrons. The molecule has 0 fully saturated rings. The minimum Gasteiger partial charge on any atom is -0.311 e. The Kier molecular flexibility index (Phi) is 10.4. The van der Waals surface area contributed by atoms with Gasteiger partial charge in [0.15, 0.2) is 0 Å². The van der Waals surface area contributed by atoms with Crippen molar-refractivity contribution in [3.05, 3.63) is 320 Å². The highest BCUT2D eigenvalue weighted by atomic mass is 15.1. The molecule has 0 unspecified atom stereocenters. The Bertz CT molecular complexity index is 4070. The van der Waals surface area contributed by atoms with Gasteiger partial charge in [0.05, 0.1) is 16.4 Å². The number of aromatic nitrogens is 1. The van der Waals surface area contributed by atoms with E-state index in [-0.39, 0.29) is 0 Å². The highest BCUT2D eigenvalue weighted by Crippen LogP contribution is 2.57. The van der Waals surface area contributed by atoms with Crippen molar-refractivity contribution < 1.29 is 0 Å². The smallest absolute Gasteiger partial charge is 0.0713 e. The normalized spacial score (nSPS) is 12.4. The van der Waals surface area contributed by atoms with Gasteiger partial charge in [-0.15, -0.1) is 0 Å². The van der Waals surface area contributed by atoms with Crippen molar-refractivity contribution in [1.82, 2.24) is 4.57 Å². The lowest BCUT2D eigenvalue weighted by Crippen LogP contribution is -2.28. The number of hydrogen-bond donors (Lipinski definition) is 0. The SMILES string of the molecule is c1ccc(N(c2ccc(-c3cccc4ccccc34)cc2)c2ccc(-n3c4ccc(N(c5ccccc5)c5ccccc5)cc4c4cc(C5(c6ccccc6)c6ccccc6-c6ccccc65)ccc43)cc2)cc1. The summed E-state index contributed by atoms with van der Waals surface area (Å²) >= 11 is 0. The average molecular weight is 944 g/mol. The monoisotopic (exact) mass is 943 g/mol. The van der Waals surface area contributed by atoms with Crippen molar-refractivity contribution in [2.24, 2.45) is 0 Å². The first-order chi connectivity index (χ1) is 36.7. The number of fused-ring (bicyclic) bond motifs is 7. The Morgan fingerprint density at radius 3 is 1.31 bits per heavy atom. The lowest BCUT2D eigenvalue weighted by atomic mass is 9.67. The molecule has 348 valence electrons. The Morgan fingerprint density at radius 2 is 0.703 bits per heavy atom. The second kappa shape index (κ2) is 17.9. The van der Waals surface area contributed by atoms with Gasteiger partial charge in [-0.2, -0.15) is 0 Å². The molecule has 0 N–H and O–H groups in total. The van der Waals surface area contributed by atoms with Crippen LogP contribution in [-0.4, -0.2) is 4.57 Å². The number of benzene rings is 12. The Morgan fingerprint density at radius 1 is 0.270 bits per heavy atom. The minimum absolute atomic E-state index is 0.537. The first-order valence-corrected chi connectivity index (χ1v) is 25.5. The van der Waals surface area contributed by atoms with E-state index in [4.69, 9.17) is 0 Å². The fraction of sp³-hybridized carbons (Fsp3) is 0.0141. The number of nitrogens with zero attached hydrogens (tertiary/aromatic N) is 3. The van der Waals surface area contributed by atoms with Crippen LogP contribution >= 0.6 is 0 Å². The van der Waals surface area contributed by atoms with Crippen LogP contribution in [0.5, 0.6) is 0 Å². The molecule has 1 aliphatic rings. The summed E-state index contributed by atoms with van der Waals surface area (Å²) in [6.45, 7) is 0. The third-order valence-corrected chi connectivity index (χ3v) is 15.2. The highest BCUT2D eigenvalue weighted by molar-refractivity contribution is 6.11. The number of para-hydroxylation sites is 3. The van der Waals surface area contributed by atoms with Crippen LogP contribution in [0.15, 0.2) is 297 Å². The number of rotatable bonds is 10. The maximum atomic E-state index is 2.49.